The molecule has 1 aromatic carbocycles. The zero-order chi connectivity index (χ0) is 21.4. The van der Waals surface area contributed by atoms with Crippen LogP contribution < -0.4 is 10.3 Å². The van der Waals surface area contributed by atoms with Crippen molar-refractivity contribution >= 4 is 17.4 Å². The number of ether oxygens (including phenoxy) is 1. The average Bonchev–Trinajstić information content (AvgIpc) is 3.23. The van der Waals surface area contributed by atoms with Crippen LogP contribution >= 0.6 is 11.6 Å². The van der Waals surface area contributed by atoms with Crippen molar-refractivity contribution in [3.05, 3.63) is 51.9 Å². The minimum absolute atomic E-state index is 0.0923. The van der Waals surface area contributed by atoms with Gasteiger partial charge in [0.15, 0.2) is 0 Å². The molecule has 6 rings (SSSR count). The second-order valence-electron chi connectivity index (χ2n) is 9.25. The summed E-state index contributed by atoms with van der Waals surface area (Å²) >= 11 is 6.05. The van der Waals surface area contributed by atoms with E-state index in [-0.39, 0.29) is 11.2 Å². The number of fused-ring (bicyclic) bond motifs is 4. The Balaban J connectivity index is 1.58. The molecule has 6 heteroatoms. The Hall–Kier alpha value is -2.27. The van der Waals surface area contributed by atoms with E-state index in [0.29, 0.717) is 16.7 Å². The van der Waals surface area contributed by atoms with Crippen LogP contribution in [0.1, 0.15) is 64.7 Å². The molecule has 0 aliphatic heterocycles. The Morgan fingerprint density at radius 1 is 1.13 bits per heavy atom. The van der Waals surface area contributed by atoms with E-state index in [4.69, 9.17) is 21.3 Å². The standard InChI is InChI=1S/C25H30ClN3O2/c1-2-3-4-15-28-23(31-25-12-9-18(10-13-25)11-14-25)16-22(30)29-17-21(27-24(28)29)19-5-7-20(26)8-6-19/h5-8,16-18H,2-4,9-15H2,1H3. The van der Waals surface area contributed by atoms with Crippen LogP contribution in [0.2, 0.25) is 5.02 Å². The lowest BCUT2D eigenvalue weighted by Gasteiger charge is -2.46. The monoisotopic (exact) mass is 439 g/mol. The van der Waals surface area contributed by atoms with Gasteiger partial charge in [0.05, 0.1) is 11.8 Å². The first-order chi connectivity index (χ1) is 15.1. The van der Waals surface area contributed by atoms with E-state index in [1.165, 1.54) is 19.3 Å². The van der Waals surface area contributed by atoms with Crippen molar-refractivity contribution < 1.29 is 4.74 Å². The van der Waals surface area contributed by atoms with Gasteiger partial charge >= 0.3 is 0 Å². The molecule has 0 saturated heterocycles. The highest BCUT2D eigenvalue weighted by atomic mass is 35.5. The van der Waals surface area contributed by atoms with Crippen molar-refractivity contribution in [3.63, 3.8) is 0 Å². The molecule has 0 spiro atoms. The van der Waals surface area contributed by atoms with E-state index in [0.717, 1.165) is 62.2 Å². The van der Waals surface area contributed by atoms with Crippen LogP contribution in [-0.2, 0) is 6.54 Å². The highest BCUT2D eigenvalue weighted by Crippen LogP contribution is 2.46. The number of imidazole rings is 1. The maximum absolute atomic E-state index is 13.0. The van der Waals surface area contributed by atoms with E-state index in [2.05, 4.69) is 11.5 Å². The predicted octanol–water partition coefficient (Wildman–Crippen LogP) is 6.11. The van der Waals surface area contributed by atoms with Crippen LogP contribution in [0.15, 0.2) is 41.3 Å². The lowest BCUT2D eigenvalue weighted by atomic mass is 9.68. The summed E-state index contributed by atoms with van der Waals surface area (Å²) in [4.78, 5) is 17.9. The first-order valence-corrected chi connectivity index (χ1v) is 12.0. The summed E-state index contributed by atoms with van der Waals surface area (Å²) in [7, 11) is 0. The maximum Gasteiger partial charge on any atom is 0.262 e. The van der Waals surface area contributed by atoms with Crippen molar-refractivity contribution in [2.45, 2.75) is 76.9 Å². The van der Waals surface area contributed by atoms with Gasteiger partial charge < -0.3 is 4.74 Å². The Morgan fingerprint density at radius 2 is 1.84 bits per heavy atom. The summed E-state index contributed by atoms with van der Waals surface area (Å²) in [6.45, 7) is 2.99. The topological polar surface area (TPSA) is 48.5 Å². The van der Waals surface area contributed by atoms with Crippen LogP contribution in [0.3, 0.4) is 0 Å². The number of hydrogen-bond acceptors (Lipinski definition) is 3. The molecule has 31 heavy (non-hydrogen) atoms. The Bertz CT molecular complexity index is 1110. The van der Waals surface area contributed by atoms with E-state index >= 15 is 0 Å². The second-order valence-corrected chi connectivity index (χ2v) is 9.69. The van der Waals surface area contributed by atoms with Crippen LogP contribution in [-0.4, -0.2) is 19.6 Å². The van der Waals surface area contributed by atoms with Crippen LogP contribution in [0.5, 0.6) is 5.88 Å². The normalized spacial score (nSPS) is 22.8. The molecule has 0 N–H and O–H groups in total. The van der Waals surface area contributed by atoms with Crippen LogP contribution in [0, 0.1) is 5.92 Å². The van der Waals surface area contributed by atoms with Crippen molar-refractivity contribution in [1.82, 2.24) is 14.0 Å². The van der Waals surface area contributed by atoms with Crippen molar-refractivity contribution in [2.75, 3.05) is 0 Å². The van der Waals surface area contributed by atoms with Crippen LogP contribution in [0.4, 0.5) is 0 Å². The lowest BCUT2D eigenvalue weighted by molar-refractivity contribution is -0.0380. The zero-order valence-corrected chi connectivity index (χ0v) is 18.9. The molecule has 0 amide bonds. The van der Waals surface area contributed by atoms with Gasteiger partial charge in [0, 0.05) is 23.3 Å². The number of rotatable bonds is 7. The third kappa shape index (κ3) is 4.00. The molecule has 2 aromatic heterocycles. The molecule has 3 fully saturated rings. The summed E-state index contributed by atoms with van der Waals surface area (Å²) in [6, 6.07) is 9.24. The maximum atomic E-state index is 13.0. The molecule has 0 radical (unpaired) electrons. The zero-order valence-electron chi connectivity index (χ0n) is 18.1. The molecule has 2 bridgehead atoms. The molecule has 3 saturated carbocycles. The SMILES string of the molecule is CCCCCn1c(OC23CCC(CC2)CC3)cc(=O)n2cc(-c3ccc(Cl)cc3)nc12. The fraction of sp³-hybridized carbons (Fsp3) is 0.520. The Morgan fingerprint density at radius 3 is 2.52 bits per heavy atom. The fourth-order valence-electron chi connectivity index (χ4n) is 5.23. The molecule has 3 aliphatic rings. The second kappa shape index (κ2) is 8.34. The molecular formula is C25H30ClN3O2. The van der Waals surface area contributed by atoms with Gasteiger partial charge in [0.2, 0.25) is 11.7 Å². The third-order valence-electron chi connectivity index (χ3n) is 7.15. The number of unbranched alkanes of at least 4 members (excludes halogenated alkanes) is 2. The molecule has 0 atom stereocenters. The summed E-state index contributed by atoms with van der Waals surface area (Å²) in [5.41, 5.74) is 1.51. The first kappa shape index (κ1) is 20.6. The van der Waals surface area contributed by atoms with Gasteiger partial charge in [-0.25, -0.2) is 4.98 Å². The molecular weight excluding hydrogens is 410 g/mol. The highest BCUT2D eigenvalue weighted by molar-refractivity contribution is 6.30. The highest BCUT2D eigenvalue weighted by Gasteiger charge is 2.42. The number of aromatic nitrogens is 3. The molecule has 3 aliphatic carbocycles. The van der Waals surface area contributed by atoms with Gasteiger partial charge in [-0.3, -0.25) is 13.8 Å². The summed E-state index contributed by atoms with van der Waals surface area (Å²) < 4.78 is 10.5. The van der Waals surface area contributed by atoms with E-state index < -0.39 is 0 Å². The van der Waals surface area contributed by atoms with Crippen molar-refractivity contribution in [1.29, 1.82) is 0 Å². The average molecular weight is 440 g/mol. The molecule has 5 nitrogen and oxygen atoms in total. The minimum atomic E-state index is -0.113. The molecule has 3 aromatic rings. The molecule has 0 unspecified atom stereocenters. The van der Waals surface area contributed by atoms with E-state index in [9.17, 15) is 4.79 Å². The summed E-state index contributed by atoms with van der Waals surface area (Å²) in [6.07, 6.45) is 12.1. The largest absolute Gasteiger partial charge is 0.472 e. The van der Waals surface area contributed by atoms with Gasteiger partial charge in [0.1, 0.15) is 5.60 Å². The quantitative estimate of drug-likeness (QED) is 0.417. The van der Waals surface area contributed by atoms with Gasteiger partial charge in [-0.15, -0.1) is 0 Å². The van der Waals surface area contributed by atoms with Crippen molar-refractivity contribution in [3.8, 4) is 17.1 Å². The number of nitrogens with zero attached hydrogens (tertiary/aromatic N) is 3. The van der Waals surface area contributed by atoms with Gasteiger partial charge in [-0.1, -0.05) is 43.5 Å². The minimum Gasteiger partial charge on any atom is -0.472 e. The Kier molecular flexibility index (Phi) is 5.55. The smallest absolute Gasteiger partial charge is 0.262 e. The lowest BCUT2D eigenvalue weighted by Crippen LogP contribution is -2.45. The van der Waals surface area contributed by atoms with E-state index in [1.54, 1.807) is 10.5 Å². The van der Waals surface area contributed by atoms with Crippen LogP contribution in [0.25, 0.3) is 17.0 Å². The Labute approximate surface area is 188 Å². The number of benzene rings is 1. The summed E-state index contributed by atoms with van der Waals surface area (Å²) in [5, 5.41) is 0.684. The number of halogens is 1. The first-order valence-electron chi connectivity index (χ1n) is 11.6. The van der Waals surface area contributed by atoms with Crippen molar-refractivity contribution in [2.24, 2.45) is 5.92 Å². The number of aryl methyl sites for hydroxylation is 1. The van der Waals surface area contributed by atoms with Gasteiger partial charge in [-0.2, -0.15) is 0 Å². The fourth-order valence-corrected chi connectivity index (χ4v) is 5.36. The summed E-state index contributed by atoms with van der Waals surface area (Å²) in [5.74, 6) is 2.21. The molecule has 164 valence electrons. The third-order valence-corrected chi connectivity index (χ3v) is 7.40. The van der Waals surface area contributed by atoms with Gasteiger partial charge in [-0.05, 0) is 63.0 Å². The molecule has 2 heterocycles. The number of hydrogen-bond donors (Lipinski definition) is 0. The van der Waals surface area contributed by atoms with E-state index in [1.807, 2.05) is 30.5 Å². The van der Waals surface area contributed by atoms with Gasteiger partial charge in [0.25, 0.3) is 5.56 Å². The predicted molar refractivity (Wildman–Crippen MR) is 124 cm³/mol.